The Kier molecular flexibility index (Phi) is 6.53. The molecule has 0 aliphatic heterocycles. The van der Waals surface area contributed by atoms with Crippen LogP contribution < -0.4 is 0 Å². The van der Waals surface area contributed by atoms with Crippen LogP contribution in [0.1, 0.15) is 31.9 Å². The van der Waals surface area contributed by atoms with Crippen molar-refractivity contribution < 1.29 is 19.4 Å². The Labute approximate surface area is 114 Å². The number of carbonyl (C=O) groups is 1. The maximum Gasteiger partial charge on any atom is 0.335 e. The molecule has 0 spiro atoms. The number of aliphatic hydroxyl groups excluding tert-OH is 1. The fraction of sp³-hybridized carbons (Fsp3) is 0.533. The van der Waals surface area contributed by atoms with Gasteiger partial charge in [0.25, 0.3) is 0 Å². The lowest BCUT2D eigenvalue weighted by Crippen LogP contribution is -2.31. The smallest absolute Gasteiger partial charge is 0.335 e. The van der Waals surface area contributed by atoms with E-state index in [4.69, 9.17) is 14.6 Å². The Hall–Kier alpha value is -1.39. The van der Waals surface area contributed by atoms with Crippen LogP contribution in [0.4, 0.5) is 0 Å². The SMILES string of the molecule is CCOC(=O)C(Cc1cccc(CO)c1)OC(C)C. The summed E-state index contributed by atoms with van der Waals surface area (Å²) in [7, 11) is 0. The summed E-state index contributed by atoms with van der Waals surface area (Å²) in [6.45, 7) is 5.87. The van der Waals surface area contributed by atoms with Gasteiger partial charge in [-0.15, -0.1) is 0 Å². The standard InChI is InChI=1S/C15H22O4/c1-4-18-15(17)14(19-11(2)3)9-12-6-5-7-13(8-12)10-16/h5-8,11,14,16H,4,9-10H2,1-3H3. The number of esters is 1. The van der Waals surface area contributed by atoms with Crippen molar-refractivity contribution in [1.82, 2.24) is 0 Å². The maximum absolute atomic E-state index is 11.8. The predicted octanol–water partition coefficient (Wildman–Crippen LogP) is 2.08. The van der Waals surface area contributed by atoms with Crippen molar-refractivity contribution in [2.45, 2.75) is 46.0 Å². The molecule has 0 bridgehead atoms. The molecule has 0 saturated carbocycles. The molecule has 4 nitrogen and oxygen atoms in total. The number of benzene rings is 1. The average Bonchev–Trinajstić information content (AvgIpc) is 2.38. The molecule has 1 unspecified atom stereocenters. The molecule has 0 fully saturated rings. The lowest BCUT2D eigenvalue weighted by Gasteiger charge is -2.19. The zero-order chi connectivity index (χ0) is 14.3. The van der Waals surface area contributed by atoms with Crippen molar-refractivity contribution >= 4 is 5.97 Å². The zero-order valence-corrected chi connectivity index (χ0v) is 11.8. The van der Waals surface area contributed by atoms with E-state index in [1.165, 1.54) is 0 Å². The highest BCUT2D eigenvalue weighted by molar-refractivity contribution is 5.75. The minimum Gasteiger partial charge on any atom is -0.464 e. The van der Waals surface area contributed by atoms with Gasteiger partial charge >= 0.3 is 5.97 Å². The molecule has 0 saturated heterocycles. The molecule has 1 aromatic carbocycles. The monoisotopic (exact) mass is 266 g/mol. The second-order valence-electron chi connectivity index (χ2n) is 4.61. The summed E-state index contributed by atoms with van der Waals surface area (Å²) < 4.78 is 10.6. The van der Waals surface area contributed by atoms with Crippen molar-refractivity contribution in [3.05, 3.63) is 35.4 Å². The van der Waals surface area contributed by atoms with Gasteiger partial charge in [0.1, 0.15) is 0 Å². The van der Waals surface area contributed by atoms with Crippen LogP contribution in [0.15, 0.2) is 24.3 Å². The van der Waals surface area contributed by atoms with Gasteiger partial charge in [0.15, 0.2) is 6.10 Å². The molecular formula is C15H22O4. The van der Waals surface area contributed by atoms with E-state index in [0.29, 0.717) is 13.0 Å². The molecule has 0 aromatic heterocycles. The van der Waals surface area contributed by atoms with Gasteiger partial charge in [-0.3, -0.25) is 0 Å². The summed E-state index contributed by atoms with van der Waals surface area (Å²) in [5.74, 6) is -0.342. The largest absolute Gasteiger partial charge is 0.464 e. The third-order valence-electron chi connectivity index (χ3n) is 2.58. The molecular weight excluding hydrogens is 244 g/mol. The Balaban J connectivity index is 2.77. The summed E-state index contributed by atoms with van der Waals surface area (Å²) in [6, 6.07) is 7.48. The fourth-order valence-electron chi connectivity index (χ4n) is 1.82. The van der Waals surface area contributed by atoms with Gasteiger partial charge in [-0.05, 0) is 31.9 Å². The Morgan fingerprint density at radius 1 is 1.32 bits per heavy atom. The van der Waals surface area contributed by atoms with Crippen LogP contribution >= 0.6 is 0 Å². The molecule has 0 aliphatic rings. The molecule has 1 atom stereocenters. The molecule has 0 aliphatic carbocycles. The topological polar surface area (TPSA) is 55.8 Å². The van der Waals surface area contributed by atoms with Crippen LogP contribution in [0.25, 0.3) is 0 Å². The van der Waals surface area contributed by atoms with Gasteiger partial charge in [0.05, 0.1) is 19.3 Å². The number of ether oxygens (including phenoxy) is 2. The zero-order valence-electron chi connectivity index (χ0n) is 11.8. The lowest BCUT2D eigenvalue weighted by molar-refractivity contribution is -0.159. The molecule has 1 rings (SSSR count). The first kappa shape index (κ1) is 15.7. The van der Waals surface area contributed by atoms with E-state index < -0.39 is 6.10 Å². The number of hydrogen-bond acceptors (Lipinski definition) is 4. The van der Waals surface area contributed by atoms with Crippen molar-refractivity contribution in [1.29, 1.82) is 0 Å². The van der Waals surface area contributed by atoms with E-state index in [1.807, 2.05) is 38.1 Å². The van der Waals surface area contributed by atoms with Crippen LogP contribution in [0.2, 0.25) is 0 Å². The summed E-state index contributed by atoms with van der Waals surface area (Å²) in [6.07, 6.45) is -0.200. The highest BCUT2D eigenvalue weighted by atomic mass is 16.6. The van der Waals surface area contributed by atoms with Crippen LogP contribution in [-0.2, 0) is 27.3 Å². The number of hydrogen-bond donors (Lipinski definition) is 1. The van der Waals surface area contributed by atoms with E-state index in [9.17, 15) is 4.79 Å². The van der Waals surface area contributed by atoms with Gasteiger partial charge in [0, 0.05) is 6.42 Å². The van der Waals surface area contributed by atoms with Crippen LogP contribution in [0.3, 0.4) is 0 Å². The summed E-state index contributed by atoms with van der Waals surface area (Å²) >= 11 is 0. The van der Waals surface area contributed by atoms with E-state index in [-0.39, 0.29) is 18.7 Å². The normalized spacial score (nSPS) is 12.5. The van der Waals surface area contributed by atoms with Gasteiger partial charge in [-0.25, -0.2) is 4.79 Å². The third kappa shape index (κ3) is 5.41. The van der Waals surface area contributed by atoms with Gasteiger partial charge in [0.2, 0.25) is 0 Å². The minimum atomic E-state index is -0.603. The lowest BCUT2D eigenvalue weighted by atomic mass is 10.0. The average molecular weight is 266 g/mol. The Bertz CT molecular complexity index is 401. The van der Waals surface area contributed by atoms with Gasteiger partial charge < -0.3 is 14.6 Å². The van der Waals surface area contributed by atoms with Crippen molar-refractivity contribution in [3.8, 4) is 0 Å². The van der Waals surface area contributed by atoms with Crippen molar-refractivity contribution in [2.75, 3.05) is 6.61 Å². The minimum absolute atomic E-state index is 0.0110. The molecule has 0 radical (unpaired) electrons. The molecule has 1 N–H and O–H groups in total. The van der Waals surface area contributed by atoms with Crippen molar-refractivity contribution in [2.24, 2.45) is 0 Å². The van der Waals surface area contributed by atoms with E-state index >= 15 is 0 Å². The first-order valence-electron chi connectivity index (χ1n) is 6.57. The molecule has 0 amide bonds. The molecule has 4 heteroatoms. The first-order chi connectivity index (χ1) is 9.06. The number of aliphatic hydroxyl groups is 1. The summed E-state index contributed by atoms with van der Waals surface area (Å²) in [5, 5.41) is 9.11. The maximum atomic E-state index is 11.8. The highest BCUT2D eigenvalue weighted by Crippen LogP contribution is 2.12. The fourth-order valence-corrected chi connectivity index (χ4v) is 1.82. The van der Waals surface area contributed by atoms with E-state index in [0.717, 1.165) is 11.1 Å². The van der Waals surface area contributed by atoms with Crippen LogP contribution in [0, 0.1) is 0 Å². The van der Waals surface area contributed by atoms with E-state index in [1.54, 1.807) is 6.92 Å². The Morgan fingerprint density at radius 3 is 2.58 bits per heavy atom. The number of carbonyl (C=O) groups excluding carboxylic acids is 1. The van der Waals surface area contributed by atoms with E-state index in [2.05, 4.69) is 0 Å². The molecule has 19 heavy (non-hydrogen) atoms. The Morgan fingerprint density at radius 2 is 2.00 bits per heavy atom. The predicted molar refractivity (Wildman–Crippen MR) is 72.7 cm³/mol. The summed E-state index contributed by atoms with van der Waals surface area (Å²) in [5.41, 5.74) is 1.77. The molecule has 106 valence electrons. The van der Waals surface area contributed by atoms with Crippen molar-refractivity contribution in [3.63, 3.8) is 0 Å². The number of rotatable bonds is 7. The second kappa shape index (κ2) is 7.92. The van der Waals surface area contributed by atoms with Gasteiger partial charge in [-0.1, -0.05) is 24.3 Å². The molecule has 0 heterocycles. The third-order valence-corrected chi connectivity index (χ3v) is 2.58. The first-order valence-corrected chi connectivity index (χ1v) is 6.57. The summed E-state index contributed by atoms with van der Waals surface area (Å²) in [4.78, 5) is 11.8. The molecule has 1 aromatic rings. The second-order valence-corrected chi connectivity index (χ2v) is 4.61. The van der Waals surface area contributed by atoms with Crippen LogP contribution in [-0.4, -0.2) is 29.9 Å². The quantitative estimate of drug-likeness (QED) is 0.768. The van der Waals surface area contributed by atoms with Gasteiger partial charge in [-0.2, -0.15) is 0 Å². The highest BCUT2D eigenvalue weighted by Gasteiger charge is 2.22. The van der Waals surface area contributed by atoms with Crippen LogP contribution in [0.5, 0.6) is 0 Å².